The SMILES string of the molecule is CNC(=O)CCN(C)C1CNCCC1C. The quantitative estimate of drug-likeness (QED) is 0.694. The second-order valence-corrected chi connectivity index (χ2v) is 4.44. The van der Waals surface area contributed by atoms with E-state index in [0.717, 1.165) is 25.6 Å². The Morgan fingerprint density at radius 2 is 2.33 bits per heavy atom. The van der Waals surface area contributed by atoms with Crippen molar-refractivity contribution in [3.63, 3.8) is 0 Å². The van der Waals surface area contributed by atoms with E-state index in [1.54, 1.807) is 7.05 Å². The summed E-state index contributed by atoms with van der Waals surface area (Å²) in [5.41, 5.74) is 0. The molecule has 0 radical (unpaired) electrons. The summed E-state index contributed by atoms with van der Waals surface area (Å²) in [6.45, 7) is 5.31. The molecule has 0 aromatic rings. The largest absolute Gasteiger partial charge is 0.359 e. The third-order valence-corrected chi connectivity index (χ3v) is 3.32. The van der Waals surface area contributed by atoms with Gasteiger partial charge < -0.3 is 15.5 Å². The summed E-state index contributed by atoms with van der Waals surface area (Å²) < 4.78 is 0. The molecule has 1 aliphatic rings. The van der Waals surface area contributed by atoms with Crippen molar-refractivity contribution in [2.24, 2.45) is 5.92 Å². The van der Waals surface area contributed by atoms with Crippen LogP contribution in [0.25, 0.3) is 0 Å². The number of rotatable bonds is 4. The van der Waals surface area contributed by atoms with Crippen LogP contribution in [-0.2, 0) is 4.79 Å². The molecule has 4 heteroatoms. The molecule has 0 spiro atoms. The first-order chi connectivity index (χ1) is 7.15. The molecular formula is C11H23N3O. The Hall–Kier alpha value is -0.610. The summed E-state index contributed by atoms with van der Waals surface area (Å²) in [6.07, 6.45) is 1.82. The standard InChI is InChI=1S/C11H23N3O/c1-9-4-6-13-8-10(9)14(3)7-5-11(15)12-2/h9-10,13H,4-8H2,1-3H3,(H,12,15). The highest BCUT2D eigenvalue weighted by Gasteiger charge is 2.24. The molecule has 1 aliphatic heterocycles. The highest BCUT2D eigenvalue weighted by atomic mass is 16.1. The topological polar surface area (TPSA) is 44.4 Å². The maximum Gasteiger partial charge on any atom is 0.221 e. The smallest absolute Gasteiger partial charge is 0.221 e. The molecule has 1 fully saturated rings. The lowest BCUT2D eigenvalue weighted by Crippen LogP contribution is -2.49. The number of hydrogen-bond donors (Lipinski definition) is 2. The molecule has 0 aromatic carbocycles. The molecule has 4 nitrogen and oxygen atoms in total. The fraction of sp³-hybridized carbons (Fsp3) is 0.909. The number of hydrogen-bond acceptors (Lipinski definition) is 3. The van der Waals surface area contributed by atoms with Gasteiger partial charge in [0.25, 0.3) is 0 Å². The molecule has 1 amide bonds. The van der Waals surface area contributed by atoms with Crippen LogP contribution in [0.4, 0.5) is 0 Å². The maximum atomic E-state index is 11.1. The highest BCUT2D eigenvalue weighted by molar-refractivity contribution is 5.75. The summed E-state index contributed by atoms with van der Waals surface area (Å²) in [7, 11) is 3.80. The van der Waals surface area contributed by atoms with E-state index in [1.807, 2.05) is 0 Å². The molecule has 2 atom stereocenters. The Kier molecular flexibility index (Phi) is 5.05. The molecular weight excluding hydrogens is 190 g/mol. The summed E-state index contributed by atoms with van der Waals surface area (Å²) in [4.78, 5) is 13.4. The van der Waals surface area contributed by atoms with Gasteiger partial charge in [-0.15, -0.1) is 0 Å². The highest BCUT2D eigenvalue weighted by Crippen LogP contribution is 2.16. The fourth-order valence-electron chi connectivity index (χ4n) is 2.13. The first kappa shape index (κ1) is 12.5. The average molecular weight is 213 g/mol. The fourth-order valence-corrected chi connectivity index (χ4v) is 2.13. The van der Waals surface area contributed by atoms with E-state index in [2.05, 4.69) is 29.5 Å². The average Bonchev–Trinajstić information content (AvgIpc) is 2.26. The Morgan fingerprint density at radius 1 is 1.60 bits per heavy atom. The Bertz CT molecular complexity index is 208. The van der Waals surface area contributed by atoms with E-state index in [0.29, 0.717) is 12.5 Å². The summed E-state index contributed by atoms with van der Waals surface area (Å²) in [6, 6.07) is 0.573. The predicted octanol–water partition coefficient (Wildman–Crippen LogP) is 0.0523. The van der Waals surface area contributed by atoms with Crippen molar-refractivity contribution in [1.29, 1.82) is 0 Å². The number of likely N-dealkylation sites (N-methyl/N-ethyl adjacent to an activating group) is 1. The lowest BCUT2D eigenvalue weighted by atomic mass is 9.93. The van der Waals surface area contributed by atoms with Crippen LogP contribution in [0, 0.1) is 5.92 Å². The van der Waals surface area contributed by atoms with E-state index >= 15 is 0 Å². The Morgan fingerprint density at radius 3 is 2.93 bits per heavy atom. The lowest BCUT2D eigenvalue weighted by molar-refractivity contribution is -0.121. The summed E-state index contributed by atoms with van der Waals surface area (Å²) in [5, 5.41) is 6.06. The molecule has 88 valence electrons. The Labute approximate surface area is 92.4 Å². The van der Waals surface area contributed by atoms with Gasteiger partial charge in [0.15, 0.2) is 0 Å². The van der Waals surface area contributed by atoms with E-state index in [1.165, 1.54) is 6.42 Å². The number of carbonyl (C=O) groups excluding carboxylic acids is 1. The van der Waals surface area contributed by atoms with Crippen LogP contribution in [0.15, 0.2) is 0 Å². The van der Waals surface area contributed by atoms with Gasteiger partial charge in [-0.25, -0.2) is 0 Å². The number of piperidine rings is 1. The monoisotopic (exact) mass is 213 g/mol. The van der Waals surface area contributed by atoms with Crippen molar-refractivity contribution < 1.29 is 4.79 Å². The molecule has 15 heavy (non-hydrogen) atoms. The number of nitrogens with zero attached hydrogens (tertiary/aromatic N) is 1. The normalized spacial score (nSPS) is 26.7. The first-order valence-electron chi connectivity index (χ1n) is 5.76. The zero-order chi connectivity index (χ0) is 11.3. The van der Waals surface area contributed by atoms with E-state index in [-0.39, 0.29) is 5.91 Å². The van der Waals surface area contributed by atoms with Gasteiger partial charge >= 0.3 is 0 Å². The van der Waals surface area contributed by atoms with Crippen LogP contribution < -0.4 is 10.6 Å². The van der Waals surface area contributed by atoms with E-state index in [4.69, 9.17) is 0 Å². The third kappa shape index (κ3) is 3.80. The minimum absolute atomic E-state index is 0.123. The van der Waals surface area contributed by atoms with Crippen molar-refractivity contribution in [1.82, 2.24) is 15.5 Å². The van der Waals surface area contributed by atoms with Crippen LogP contribution >= 0.6 is 0 Å². The number of amides is 1. The molecule has 0 aromatic heterocycles. The van der Waals surface area contributed by atoms with Gasteiger partial charge in [0.1, 0.15) is 0 Å². The molecule has 2 unspecified atom stereocenters. The van der Waals surface area contributed by atoms with Crippen LogP contribution in [0.1, 0.15) is 19.8 Å². The van der Waals surface area contributed by atoms with Gasteiger partial charge in [0, 0.05) is 32.6 Å². The second-order valence-electron chi connectivity index (χ2n) is 4.44. The number of carbonyl (C=O) groups is 1. The van der Waals surface area contributed by atoms with Gasteiger partial charge in [0.05, 0.1) is 0 Å². The van der Waals surface area contributed by atoms with Gasteiger partial charge in [0.2, 0.25) is 5.91 Å². The summed E-state index contributed by atoms with van der Waals surface area (Å²) >= 11 is 0. The molecule has 1 rings (SSSR count). The zero-order valence-electron chi connectivity index (χ0n) is 10.0. The zero-order valence-corrected chi connectivity index (χ0v) is 10.0. The van der Waals surface area contributed by atoms with Crippen LogP contribution in [0.3, 0.4) is 0 Å². The molecule has 2 N–H and O–H groups in total. The van der Waals surface area contributed by atoms with Crippen LogP contribution in [0.2, 0.25) is 0 Å². The van der Waals surface area contributed by atoms with Gasteiger partial charge in [-0.2, -0.15) is 0 Å². The predicted molar refractivity (Wildman–Crippen MR) is 61.8 cm³/mol. The molecule has 1 heterocycles. The lowest BCUT2D eigenvalue weighted by Gasteiger charge is -2.36. The van der Waals surface area contributed by atoms with Gasteiger partial charge in [-0.05, 0) is 25.9 Å². The van der Waals surface area contributed by atoms with Gasteiger partial charge in [-0.1, -0.05) is 6.92 Å². The molecule has 0 aliphatic carbocycles. The Balaban J connectivity index is 2.31. The molecule has 0 saturated carbocycles. The molecule has 0 bridgehead atoms. The minimum Gasteiger partial charge on any atom is -0.359 e. The molecule has 1 saturated heterocycles. The van der Waals surface area contributed by atoms with E-state index in [9.17, 15) is 4.79 Å². The van der Waals surface area contributed by atoms with Crippen LogP contribution in [-0.4, -0.2) is 50.6 Å². The van der Waals surface area contributed by atoms with Crippen molar-refractivity contribution in [2.45, 2.75) is 25.8 Å². The summed E-state index contributed by atoms with van der Waals surface area (Å²) in [5.74, 6) is 0.846. The van der Waals surface area contributed by atoms with Crippen molar-refractivity contribution in [2.75, 3.05) is 33.7 Å². The van der Waals surface area contributed by atoms with Crippen molar-refractivity contribution >= 4 is 5.91 Å². The number of nitrogens with one attached hydrogen (secondary N) is 2. The second kappa shape index (κ2) is 6.08. The minimum atomic E-state index is 0.123. The van der Waals surface area contributed by atoms with Crippen molar-refractivity contribution in [3.05, 3.63) is 0 Å². The maximum absolute atomic E-state index is 11.1. The van der Waals surface area contributed by atoms with Crippen molar-refractivity contribution in [3.8, 4) is 0 Å². The van der Waals surface area contributed by atoms with Gasteiger partial charge in [-0.3, -0.25) is 4.79 Å². The van der Waals surface area contributed by atoms with Crippen LogP contribution in [0.5, 0.6) is 0 Å². The van der Waals surface area contributed by atoms with E-state index < -0.39 is 0 Å². The first-order valence-corrected chi connectivity index (χ1v) is 5.76. The third-order valence-electron chi connectivity index (χ3n) is 3.32.